The first-order chi connectivity index (χ1) is 22.1. The van der Waals surface area contributed by atoms with Crippen LogP contribution < -0.4 is 14.4 Å². The van der Waals surface area contributed by atoms with Gasteiger partial charge in [0.1, 0.15) is 24.2 Å². The van der Waals surface area contributed by atoms with E-state index < -0.39 is 34.3 Å². The number of ether oxygens (including phenoxy) is 1. The zero-order valence-corrected chi connectivity index (χ0v) is 27.3. The highest BCUT2D eigenvalue weighted by atomic mass is 35.5. The molecule has 0 unspecified atom stereocenters. The Morgan fingerprint density at radius 1 is 0.891 bits per heavy atom. The highest BCUT2D eigenvalue weighted by Gasteiger charge is 2.34. The van der Waals surface area contributed by atoms with Crippen molar-refractivity contribution in [3.05, 3.63) is 125 Å². The van der Waals surface area contributed by atoms with E-state index >= 15 is 0 Å². The predicted octanol–water partition coefficient (Wildman–Crippen LogP) is 6.24. The molecule has 8 nitrogen and oxygen atoms in total. The van der Waals surface area contributed by atoms with E-state index in [-0.39, 0.29) is 29.5 Å². The Bertz CT molecular complexity index is 1700. The van der Waals surface area contributed by atoms with Gasteiger partial charge in [-0.2, -0.15) is 0 Å². The van der Waals surface area contributed by atoms with Gasteiger partial charge >= 0.3 is 0 Å². The van der Waals surface area contributed by atoms with Crippen molar-refractivity contribution in [1.29, 1.82) is 0 Å². The highest BCUT2D eigenvalue weighted by molar-refractivity contribution is 7.92. The maximum Gasteiger partial charge on any atom is 0.264 e. The molecule has 0 aliphatic heterocycles. The summed E-state index contributed by atoms with van der Waals surface area (Å²) < 4.78 is 48.4. The summed E-state index contributed by atoms with van der Waals surface area (Å²) in [5.74, 6) is -1.06. The van der Waals surface area contributed by atoms with Gasteiger partial charge in [-0.1, -0.05) is 61.0 Å². The topological polar surface area (TPSA) is 96.0 Å². The summed E-state index contributed by atoms with van der Waals surface area (Å²) in [4.78, 5) is 29.4. The molecule has 4 rings (SSSR count). The van der Waals surface area contributed by atoms with Gasteiger partial charge in [-0.15, -0.1) is 0 Å². The summed E-state index contributed by atoms with van der Waals surface area (Å²) in [6, 6.07) is 25.9. The van der Waals surface area contributed by atoms with Crippen LogP contribution in [-0.4, -0.2) is 50.9 Å². The van der Waals surface area contributed by atoms with Crippen molar-refractivity contribution >= 4 is 39.1 Å². The van der Waals surface area contributed by atoms with Crippen molar-refractivity contribution in [2.75, 3.05) is 24.0 Å². The first-order valence-electron chi connectivity index (χ1n) is 15.0. The molecule has 11 heteroatoms. The lowest BCUT2D eigenvalue weighted by Gasteiger charge is -2.34. The van der Waals surface area contributed by atoms with Gasteiger partial charge in [0, 0.05) is 24.5 Å². The van der Waals surface area contributed by atoms with Gasteiger partial charge < -0.3 is 15.0 Å². The molecule has 0 heterocycles. The van der Waals surface area contributed by atoms with Gasteiger partial charge in [0.25, 0.3) is 10.0 Å². The molecule has 46 heavy (non-hydrogen) atoms. The molecule has 1 N–H and O–H groups in total. The Kier molecular flexibility index (Phi) is 12.2. The van der Waals surface area contributed by atoms with Gasteiger partial charge in [-0.3, -0.25) is 13.9 Å². The number of carbonyl (C=O) groups is 2. The molecule has 4 aromatic rings. The molecule has 0 saturated carbocycles. The number of hydrogen-bond donors (Lipinski definition) is 1. The predicted molar refractivity (Wildman–Crippen MR) is 178 cm³/mol. The number of halogens is 2. The molecule has 0 aliphatic rings. The van der Waals surface area contributed by atoms with E-state index in [0.717, 1.165) is 34.1 Å². The number of carbonyl (C=O) groups excluding carboxylic acids is 2. The fraction of sp³-hybridized carbons (Fsp3) is 0.257. The van der Waals surface area contributed by atoms with Crippen LogP contribution >= 0.6 is 11.6 Å². The van der Waals surface area contributed by atoms with E-state index in [1.54, 1.807) is 36.4 Å². The lowest BCUT2D eigenvalue weighted by molar-refractivity contribution is -0.140. The maximum atomic E-state index is 14.4. The second kappa shape index (κ2) is 16.2. The Balaban J connectivity index is 1.79. The molecular weight excluding hydrogens is 629 g/mol. The van der Waals surface area contributed by atoms with Crippen molar-refractivity contribution < 1.29 is 27.1 Å². The van der Waals surface area contributed by atoms with E-state index in [9.17, 15) is 22.4 Å². The molecule has 0 bridgehead atoms. The van der Waals surface area contributed by atoms with E-state index in [2.05, 4.69) is 5.32 Å². The summed E-state index contributed by atoms with van der Waals surface area (Å²) in [6.07, 6.45) is 0.879. The van der Waals surface area contributed by atoms with Crippen LogP contribution in [0.1, 0.15) is 31.4 Å². The first-order valence-corrected chi connectivity index (χ1v) is 16.8. The summed E-state index contributed by atoms with van der Waals surface area (Å²) in [5, 5.41) is 3.36. The van der Waals surface area contributed by atoms with Crippen molar-refractivity contribution in [3.63, 3.8) is 0 Å². The van der Waals surface area contributed by atoms with E-state index in [0.29, 0.717) is 35.9 Å². The third-order valence-electron chi connectivity index (χ3n) is 7.18. The second-order valence-corrected chi connectivity index (χ2v) is 12.8. The molecule has 0 aliphatic carbocycles. The van der Waals surface area contributed by atoms with Crippen molar-refractivity contribution in [3.8, 4) is 5.75 Å². The zero-order valence-electron chi connectivity index (χ0n) is 25.7. The smallest absolute Gasteiger partial charge is 0.264 e. The van der Waals surface area contributed by atoms with Crippen LogP contribution in [-0.2, 0) is 32.6 Å². The first kappa shape index (κ1) is 34.5. The molecule has 4 aromatic carbocycles. The third kappa shape index (κ3) is 9.08. The molecular formula is C35H37ClFN3O5S. The molecule has 2 amide bonds. The Labute approximate surface area is 274 Å². The van der Waals surface area contributed by atoms with Gasteiger partial charge in [0.15, 0.2) is 0 Å². The van der Waals surface area contributed by atoms with Gasteiger partial charge in [0.05, 0.1) is 17.2 Å². The van der Waals surface area contributed by atoms with Crippen LogP contribution in [0, 0.1) is 5.82 Å². The average Bonchev–Trinajstić information content (AvgIpc) is 3.05. The number of anilines is 1. The lowest BCUT2D eigenvalue weighted by Crippen LogP contribution is -2.53. The van der Waals surface area contributed by atoms with Gasteiger partial charge in [-0.25, -0.2) is 12.8 Å². The fourth-order valence-corrected chi connectivity index (χ4v) is 6.52. The Morgan fingerprint density at radius 2 is 1.57 bits per heavy atom. The van der Waals surface area contributed by atoms with Crippen LogP contribution in [0.25, 0.3) is 0 Å². The van der Waals surface area contributed by atoms with Crippen molar-refractivity contribution in [1.82, 2.24) is 10.2 Å². The minimum absolute atomic E-state index is 0.00977. The SMILES string of the molecule is CCCNC(=O)[C@@H](Cc1ccccc1)N(Cc1cccc(Cl)c1)C(=O)CN(c1ccc(OCC)cc1)S(=O)(=O)c1ccc(F)cc1. The van der Waals surface area contributed by atoms with Crippen molar-refractivity contribution in [2.45, 2.75) is 44.2 Å². The largest absolute Gasteiger partial charge is 0.494 e. The lowest BCUT2D eigenvalue weighted by atomic mass is 10.0. The molecule has 0 spiro atoms. The molecule has 1 atom stereocenters. The monoisotopic (exact) mass is 665 g/mol. The normalized spacial score (nSPS) is 11.8. The zero-order chi connectivity index (χ0) is 33.1. The van der Waals surface area contributed by atoms with E-state index in [1.807, 2.05) is 44.2 Å². The Morgan fingerprint density at radius 3 is 2.20 bits per heavy atom. The van der Waals surface area contributed by atoms with Crippen LogP contribution in [0.5, 0.6) is 5.75 Å². The fourth-order valence-electron chi connectivity index (χ4n) is 4.89. The Hall–Kier alpha value is -4.41. The number of amides is 2. The molecule has 0 fully saturated rings. The quantitative estimate of drug-likeness (QED) is 0.162. The van der Waals surface area contributed by atoms with Crippen LogP contribution in [0.4, 0.5) is 10.1 Å². The summed E-state index contributed by atoms with van der Waals surface area (Å²) >= 11 is 6.28. The molecule has 0 radical (unpaired) electrons. The number of rotatable bonds is 15. The van der Waals surface area contributed by atoms with E-state index in [1.165, 1.54) is 17.0 Å². The summed E-state index contributed by atoms with van der Waals surface area (Å²) in [5.41, 5.74) is 1.68. The minimum atomic E-state index is -4.37. The molecule has 0 saturated heterocycles. The summed E-state index contributed by atoms with van der Waals surface area (Å²) in [7, 11) is -4.37. The minimum Gasteiger partial charge on any atom is -0.494 e. The number of sulfonamides is 1. The van der Waals surface area contributed by atoms with Crippen LogP contribution in [0.15, 0.2) is 108 Å². The standard InChI is InChI=1S/C35H37ClFN3O5S/c1-3-21-38-35(42)33(23-26-9-6-5-7-10-26)39(24-27-11-8-12-28(36)22-27)34(41)25-40(30-15-17-31(18-16-30)45-4-2)46(43,44)32-19-13-29(37)14-20-32/h5-20,22,33H,3-4,21,23-25H2,1-2H3,(H,38,42)/t33-/m1/s1. The molecule has 0 aromatic heterocycles. The second-order valence-electron chi connectivity index (χ2n) is 10.5. The van der Waals surface area contributed by atoms with E-state index in [4.69, 9.17) is 16.3 Å². The van der Waals surface area contributed by atoms with Crippen LogP contribution in [0.3, 0.4) is 0 Å². The van der Waals surface area contributed by atoms with Crippen LogP contribution in [0.2, 0.25) is 5.02 Å². The maximum absolute atomic E-state index is 14.4. The van der Waals surface area contributed by atoms with Gasteiger partial charge in [-0.05, 0) is 85.1 Å². The number of hydrogen-bond acceptors (Lipinski definition) is 5. The molecule has 242 valence electrons. The highest BCUT2D eigenvalue weighted by Crippen LogP contribution is 2.27. The number of benzene rings is 4. The third-order valence-corrected chi connectivity index (χ3v) is 9.20. The number of nitrogens with zero attached hydrogens (tertiary/aromatic N) is 2. The van der Waals surface area contributed by atoms with Gasteiger partial charge in [0.2, 0.25) is 11.8 Å². The number of nitrogens with one attached hydrogen (secondary N) is 1. The van der Waals surface area contributed by atoms with Crippen molar-refractivity contribution in [2.24, 2.45) is 0 Å². The average molecular weight is 666 g/mol. The summed E-state index contributed by atoms with van der Waals surface area (Å²) in [6.45, 7) is 3.92.